The Balaban J connectivity index is 1.51. The van der Waals surface area contributed by atoms with Gasteiger partial charge in [-0.2, -0.15) is 0 Å². The number of ether oxygens (including phenoxy) is 2. The van der Waals surface area contributed by atoms with Crippen LogP contribution in [0.15, 0.2) is 60.7 Å². The van der Waals surface area contributed by atoms with E-state index in [2.05, 4.69) is 33.0 Å². The fraction of sp³-hybridized carbons (Fsp3) is 0.227. The number of benzene rings is 2. The molecule has 0 radical (unpaired) electrons. The van der Waals surface area contributed by atoms with Crippen molar-refractivity contribution >= 4 is 17.4 Å². The van der Waals surface area contributed by atoms with E-state index < -0.39 is 0 Å². The summed E-state index contributed by atoms with van der Waals surface area (Å²) in [5.41, 5.74) is 2.12. The minimum atomic E-state index is -0.347. The van der Waals surface area contributed by atoms with E-state index in [1.54, 1.807) is 44.6 Å². The zero-order chi connectivity index (χ0) is 20.5. The van der Waals surface area contributed by atoms with Crippen LogP contribution < -0.4 is 20.1 Å². The highest BCUT2D eigenvalue weighted by Gasteiger charge is 2.11. The monoisotopic (exact) mass is 392 g/mol. The second kappa shape index (κ2) is 10.1. The summed E-state index contributed by atoms with van der Waals surface area (Å²) < 4.78 is 10.4. The van der Waals surface area contributed by atoms with Crippen molar-refractivity contribution in [1.29, 1.82) is 0 Å². The summed E-state index contributed by atoms with van der Waals surface area (Å²) in [6, 6.07) is 18.9. The van der Waals surface area contributed by atoms with Crippen LogP contribution in [0.2, 0.25) is 0 Å². The quantitative estimate of drug-likeness (QED) is 0.539. The average Bonchev–Trinajstić information content (AvgIpc) is 2.77. The molecular weight excluding hydrogens is 368 g/mol. The number of carbonyl (C=O) groups is 1. The molecule has 1 amide bonds. The topological polar surface area (TPSA) is 85.4 Å². The summed E-state index contributed by atoms with van der Waals surface area (Å²) >= 11 is 0. The van der Waals surface area contributed by atoms with Crippen molar-refractivity contribution < 1.29 is 14.3 Å². The third kappa shape index (κ3) is 5.68. The minimum absolute atomic E-state index is 0.231. The molecule has 0 bridgehead atoms. The number of carbonyl (C=O) groups excluding carboxylic acids is 1. The highest BCUT2D eigenvalue weighted by atomic mass is 16.5. The summed E-state index contributed by atoms with van der Waals surface area (Å²) in [5.74, 6) is 1.42. The molecular formula is C22H24N4O3. The summed E-state index contributed by atoms with van der Waals surface area (Å²) in [4.78, 5) is 12.4. The van der Waals surface area contributed by atoms with Gasteiger partial charge in [-0.25, -0.2) is 0 Å². The zero-order valence-electron chi connectivity index (χ0n) is 16.5. The maximum atomic E-state index is 12.4. The normalized spacial score (nSPS) is 10.3. The minimum Gasteiger partial charge on any atom is -0.493 e. The molecule has 1 heterocycles. The Morgan fingerprint density at radius 3 is 2.41 bits per heavy atom. The summed E-state index contributed by atoms with van der Waals surface area (Å²) in [6.07, 6.45) is 1.97. The van der Waals surface area contributed by atoms with Gasteiger partial charge >= 0.3 is 0 Å². The second-order valence-electron chi connectivity index (χ2n) is 6.34. The summed E-state index contributed by atoms with van der Waals surface area (Å²) in [5, 5.41) is 14.1. The maximum absolute atomic E-state index is 12.4. The van der Waals surface area contributed by atoms with E-state index >= 15 is 0 Å². The van der Waals surface area contributed by atoms with Gasteiger partial charge in [0.15, 0.2) is 17.2 Å². The van der Waals surface area contributed by atoms with Gasteiger partial charge in [-0.15, -0.1) is 10.2 Å². The van der Waals surface area contributed by atoms with Crippen LogP contribution in [0, 0.1) is 0 Å². The largest absolute Gasteiger partial charge is 0.493 e. The number of methoxy groups -OCH3 is 2. The van der Waals surface area contributed by atoms with Gasteiger partial charge in [-0.3, -0.25) is 4.79 Å². The molecule has 0 atom stereocenters. The molecule has 0 unspecified atom stereocenters. The van der Waals surface area contributed by atoms with Gasteiger partial charge in [0.05, 0.1) is 14.2 Å². The van der Waals surface area contributed by atoms with Crippen molar-refractivity contribution in [2.75, 3.05) is 31.4 Å². The van der Waals surface area contributed by atoms with E-state index in [0.717, 1.165) is 19.4 Å². The molecule has 0 saturated carbocycles. The fourth-order valence-corrected chi connectivity index (χ4v) is 2.81. The lowest BCUT2D eigenvalue weighted by Crippen LogP contribution is -2.15. The standard InChI is InChI=1S/C22H24N4O3/c1-28-19-12-10-17(15-20(19)29-2)24-22(27)18-11-13-21(26-25-18)23-14-6-9-16-7-4-3-5-8-16/h3-5,7-8,10-13,15H,6,9,14H2,1-2H3,(H,23,26)(H,24,27). The summed E-state index contributed by atoms with van der Waals surface area (Å²) in [6.45, 7) is 0.779. The molecule has 0 fully saturated rings. The number of nitrogens with zero attached hydrogens (tertiary/aromatic N) is 2. The first-order valence-electron chi connectivity index (χ1n) is 9.34. The lowest BCUT2D eigenvalue weighted by atomic mass is 10.1. The van der Waals surface area contributed by atoms with Crippen molar-refractivity contribution in [3.05, 3.63) is 71.9 Å². The number of nitrogens with one attached hydrogen (secondary N) is 2. The first-order chi connectivity index (χ1) is 14.2. The maximum Gasteiger partial charge on any atom is 0.276 e. The molecule has 29 heavy (non-hydrogen) atoms. The smallest absolute Gasteiger partial charge is 0.276 e. The first kappa shape index (κ1) is 20.1. The molecule has 0 spiro atoms. The van der Waals surface area contributed by atoms with E-state index in [1.807, 2.05) is 18.2 Å². The van der Waals surface area contributed by atoms with Gasteiger partial charge in [0.1, 0.15) is 5.82 Å². The number of hydrogen-bond acceptors (Lipinski definition) is 6. The van der Waals surface area contributed by atoms with Crippen LogP contribution in [0.1, 0.15) is 22.5 Å². The Morgan fingerprint density at radius 1 is 0.931 bits per heavy atom. The molecule has 3 aromatic rings. The molecule has 1 aromatic heterocycles. The molecule has 0 saturated heterocycles. The number of aromatic nitrogens is 2. The van der Waals surface area contributed by atoms with Crippen LogP contribution in [0.25, 0.3) is 0 Å². The van der Waals surface area contributed by atoms with Crippen LogP contribution >= 0.6 is 0 Å². The van der Waals surface area contributed by atoms with E-state index in [-0.39, 0.29) is 11.6 Å². The molecule has 150 valence electrons. The van der Waals surface area contributed by atoms with Crippen LogP contribution in [0.3, 0.4) is 0 Å². The van der Waals surface area contributed by atoms with Crippen LogP contribution in [0.5, 0.6) is 11.5 Å². The molecule has 3 rings (SSSR count). The first-order valence-corrected chi connectivity index (χ1v) is 9.34. The molecule has 0 aliphatic rings. The summed E-state index contributed by atoms with van der Waals surface area (Å²) in [7, 11) is 3.10. The van der Waals surface area contributed by atoms with Gasteiger partial charge in [-0.05, 0) is 42.7 Å². The molecule has 2 N–H and O–H groups in total. The SMILES string of the molecule is COc1ccc(NC(=O)c2ccc(NCCCc3ccccc3)nn2)cc1OC. The predicted molar refractivity (Wildman–Crippen MR) is 113 cm³/mol. The molecule has 2 aromatic carbocycles. The van der Waals surface area contributed by atoms with Crippen molar-refractivity contribution in [1.82, 2.24) is 10.2 Å². The van der Waals surface area contributed by atoms with Crippen molar-refractivity contribution in [2.24, 2.45) is 0 Å². The number of hydrogen-bond donors (Lipinski definition) is 2. The fourth-order valence-electron chi connectivity index (χ4n) is 2.81. The van der Waals surface area contributed by atoms with Crippen LogP contribution in [0.4, 0.5) is 11.5 Å². The number of aryl methyl sites for hydroxylation is 1. The third-order valence-corrected chi connectivity index (χ3v) is 4.33. The Labute approximate surface area is 170 Å². The number of amides is 1. The highest BCUT2D eigenvalue weighted by molar-refractivity contribution is 6.02. The lowest BCUT2D eigenvalue weighted by Gasteiger charge is -2.10. The lowest BCUT2D eigenvalue weighted by molar-refractivity contribution is 0.102. The molecule has 7 nitrogen and oxygen atoms in total. The van der Waals surface area contributed by atoms with E-state index in [9.17, 15) is 4.79 Å². The van der Waals surface area contributed by atoms with Gasteiger partial charge in [0, 0.05) is 18.3 Å². The van der Waals surface area contributed by atoms with Crippen molar-refractivity contribution in [3.8, 4) is 11.5 Å². The van der Waals surface area contributed by atoms with Gasteiger partial charge in [-0.1, -0.05) is 30.3 Å². The molecule has 7 heteroatoms. The van der Waals surface area contributed by atoms with E-state index in [1.165, 1.54) is 5.56 Å². The van der Waals surface area contributed by atoms with E-state index in [4.69, 9.17) is 9.47 Å². The predicted octanol–water partition coefficient (Wildman–Crippen LogP) is 3.79. The highest BCUT2D eigenvalue weighted by Crippen LogP contribution is 2.29. The van der Waals surface area contributed by atoms with Crippen LogP contribution in [-0.4, -0.2) is 36.9 Å². The number of anilines is 2. The van der Waals surface area contributed by atoms with Gasteiger partial charge < -0.3 is 20.1 Å². The van der Waals surface area contributed by atoms with Gasteiger partial charge in [0.2, 0.25) is 0 Å². The average molecular weight is 392 g/mol. The van der Waals surface area contributed by atoms with Crippen molar-refractivity contribution in [2.45, 2.75) is 12.8 Å². The van der Waals surface area contributed by atoms with Crippen LogP contribution in [-0.2, 0) is 6.42 Å². The second-order valence-corrected chi connectivity index (χ2v) is 6.34. The Kier molecular flexibility index (Phi) is 7.00. The van der Waals surface area contributed by atoms with Crippen molar-refractivity contribution in [3.63, 3.8) is 0 Å². The molecule has 0 aliphatic heterocycles. The van der Waals surface area contributed by atoms with Gasteiger partial charge in [0.25, 0.3) is 5.91 Å². The third-order valence-electron chi connectivity index (χ3n) is 4.33. The Bertz CT molecular complexity index is 931. The number of rotatable bonds is 9. The Morgan fingerprint density at radius 2 is 1.72 bits per heavy atom. The Hall–Kier alpha value is -3.61. The van der Waals surface area contributed by atoms with E-state index in [0.29, 0.717) is 23.0 Å². The zero-order valence-corrected chi connectivity index (χ0v) is 16.5. The molecule has 0 aliphatic carbocycles.